The fraction of sp³-hybridized carbons (Fsp3) is 0.417. The van der Waals surface area contributed by atoms with Crippen molar-refractivity contribution >= 4 is 17.2 Å². The van der Waals surface area contributed by atoms with Crippen molar-refractivity contribution in [2.24, 2.45) is 4.40 Å². The predicted octanol–water partition coefficient (Wildman–Crippen LogP) is 2.72. The highest BCUT2D eigenvalue weighted by Crippen LogP contribution is 2.18. The molecule has 1 aromatic rings. The Kier molecular flexibility index (Phi) is 4.40. The first-order valence-electron chi connectivity index (χ1n) is 5.14. The zero-order valence-electron chi connectivity index (χ0n) is 10.4. The average molecular weight is 257 g/mol. The van der Waals surface area contributed by atoms with Crippen LogP contribution in [0.3, 0.4) is 0 Å². The summed E-state index contributed by atoms with van der Waals surface area (Å²) >= 11 is 0. The highest BCUT2D eigenvalue weighted by atomic mass is 32.2. The molecule has 0 radical (unpaired) electrons. The molecule has 0 aromatic heterocycles. The van der Waals surface area contributed by atoms with Gasteiger partial charge < -0.3 is 4.74 Å². The van der Waals surface area contributed by atoms with Gasteiger partial charge in [0.1, 0.15) is 22.6 Å². The zero-order chi connectivity index (χ0) is 13.1. The number of hydrogen-bond acceptors (Lipinski definition) is 2. The lowest BCUT2D eigenvalue weighted by molar-refractivity contribution is 0.410. The zero-order valence-corrected chi connectivity index (χ0v) is 11.2. The Labute approximate surface area is 103 Å². The van der Waals surface area contributed by atoms with Gasteiger partial charge in [0.15, 0.2) is 0 Å². The van der Waals surface area contributed by atoms with Crippen LogP contribution in [0.1, 0.15) is 26.3 Å². The van der Waals surface area contributed by atoms with Crippen molar-refractivity contribution < 1.29 is 13.3 Å². The van der Waals surface area contributed by atoms with Crippen LogP contribution < -0.4 is 4.74 Å². The van der Waals surface area contributed by atoms with E-state index in [9.17, 15) is 8.60 Å². The van der Waals surface area contributed by atoms with Gasteiger partial charge in [0, 0.05) is 17.8 Å². The Balaban J connectivity index is 2.96. The van der Waals surface area contributed by atoms with Crippen molar-refractivity contribution in [3.8, 4) is 5.75 Å². The summed E-state index contributed by atoms with van der Waals surface area (Å²) in [6.07, 6.45) is 1.44. The van der Waals surface area contributed by atoms with E-state index in [4.69, 9.17) is 4.74 Å². The highest BCUT2D eigenvalue weighted by molar-refractivity contribution is 7.85. The van der Waals surface area contributed by atoms with Crippen LogP contribution in [0.15, 0.2) is 22.6 Å². The molecule has 0 saturated heterocycles. The van der Waals surface area contributed by atoms with E-state index < -0.39 is 15.7 Å². The summed E-state index contributed by atoms with van der Waals surface area (Å²) in [5.74, 6) is -0.00407. The standard InChI is InChI=1S/C12H16FNO2S/c1-12(2,3)17(15)14-8-9-5-6-10(13)7-11(9)16-4/h5-8H,1-4H3/b14-8+/t17-/m0/s1. The molecule has 0 N–H and O–H groups in total. The van der Waals surface area contributed by atoms with E-state index in [1.54, 1.807) is 0 Å². The molecule has 0 unspecified atom stereocenters. The van der Waals surface area contributed by atoms with Crippen LogP contribution in [0, 0.1) is 5.82 Å². The van der Waals surface area contributed by atoms with Crippen LogP contribution in [0.2, 0.25) is 0 Å². The molecule has 0 bridgehead atoms. The van der Waals surface area contributed by atoms with Crippen molar-refractivity contribution in [3.63, 3.8) is 0 Å². The molecular weight excluding hydrogens is 241 g/mol. The molecule has 94 valence electrons. The molecule has 5 heteroatoms. The number of benzene rings is 1. The summed E-state index contributed by atoms with van der Waals surface area (Å²) in [4.78, 5) is 0. The number of halogens is 1. The van der Waals surface area contributed by atoms with E-state index in [0.29, 0.717) is 11.3 Å². The van der Waals surface area contributed by atoms with Crippen LogP contribution in [0.4, 0.5) is 4.39 Å². The first-order chi connectivity index (χ1) is 7.84. The minimum atomic E-state index is -1.33. The van der Waals surface area contributed by atoms with Crippen molar-refractivity contribution in [2.45, 2.75) is 25.5 Å². The van der Waals surface area contributed by atoms with E-state index in [1.807, 2.05) is 20.8 Å². The van der Waals surface area contributed by atoms with Crippen molar-refractivity contribution in [3.05, 3.63) is 29.6 Å². The van der Waals surface area contributed by atoms with E-state index >= 15 is 0 Å². The van der Waals surface area contributed by atoms with Crippen LogP contribution in [0.25, 0.3) is 0 Å². The Morgan fingerprint density at radius 2 is 2.06 bits per heavy atom. The quantitative estimate of drug-likeness (QED) is 0.781. The fourth-order valence-corrected chi connectivity index (χ4v) is 1.58. The van der Waals surface area contributed by atoms with Crippen LogP contribution >= 0.6 is 0 Å². The highest BCUT2D eigenvalue weighted by Gasteiger charge is 2.18. The smallest absolute Gasteiger partial charge is 0.144 e. The summed E-state index contributed by atoms with van der Waals surface area (Å²) in [7, 11) is 0.118. The predicted molar refractivity (Wildman–Crippen MR) is 68.4 cm³/mol. The summed E-state index contributed by atoms with van der Waals surface area (Å²) in [5, 5.41) is 0. The van der Waals surface area contributed by atoms with Gasteiger partial charge in [-0.2, -0.15) is 4.40 Å². The summed E-state index contributed by atoms with van der Waals surface area (Å²) in [6.45, 7) is 5.51. The Hall–Kier alpha value is -1.23. The summed E-state index contributed by atoms with van der Waals surface area (Å²) in [5.41, 5.74) is 0.603. The van der Waals surface area contributed by atoms with Gasteiger partial charge in [-0.05, 0) is 32.9 Å². The lowest BCUT2D eigenvalue weighted by Gasteiger charge is -2.13. The minimum absolute atomic E-state index is 0.375. The monoisotopic (exact) mass is 257 g/mol. The third-order valence-electron chi connectivity index (χ3n) is 2.01. The molecule has 0 aliphatic rings. The lowest BCUT2D eigenvalue weighted by Crippen LogP contribution is -2.19. The topological polar surface area (TPSA) is 38.7 Å². The Morgan fingerprint density at radius 1 is 1.41 bits per heavy atom. The van der Waals surface area contributed by atoms with E-state index in [1.165, 1.54) is 31.5 Å². The van der Waals surface area contributed by atoms with E-state index in [0.717, 1.165) is 0 Å². The molecule has 1 aromatic carbocycles. The van der Waals surface area contributed by atoms with Gasteiger partial charge in [-0.1, -0.05) is 0 Å². The molecule has 0 fully saturated rings. The van der Waals surface area contributed by atoms with Gasteiger partial charge in [0.05, 0.1) is 11.9 Å². The van der Waals surface area contributed by atoms with E-state index in [-0.39, 0.29) is 5.82 Å². The van der Waals surface area contributed by atoms with Crippen molar-refractivity contribution in [1.82, 2.24) is 0 Å². The van der Waals surface area contributed by atoms with Crippen LogP contribution in [-0.4, -0.2) is 22.3 Å². The first-order valence-corrected chi connectivity index (χ1v) is 6.25. The fourth-order valence-electron chi connectivity index (χ4n) is 1.05. The second-order valence-electron chi connectivity index (χ2n) is 4.48. The summed E-state index contributed by atoms with van der Waals surface area (Å²) in [6, 6.07) is 4.11. The second kappa shape index (κ2) is 5.40. The third kappa shape index (κ3) is 3.93. The lowest BCUT2D eigenvalue weighted by atomic mass is 10.2. The third-order valence-corrected chi connectivity index (χ3v) is 3.35. The number of rotatable bonds is 3. The van der Waals surface area contributed by atoms with Crippen LogP contribution in [-0.2, 0) is 11.0 Å². The molecule has 0 aliphatic carbocycles. The molecular formula is C12H16FNO2S. The number of ether oxygens (including phenoxy) is 1. The van der Waals surface area contributed by atoms with Gasteiger partial charge in [0.2, 0.25) is 0 Å². The maximum absolute atomic E-state index is 12.9. The van der Waals surface area contributed by atoms with Gasteiger partial charge in [-0.3, -0.25) is 0 Å². The van der Waals surface area contributed by atoms with E-state index in [2.05, 4.69) is 4.40 Å². The number of methoxy groups -OCH3 is 1. The summed E-state index contributed by atoms with van der Waals surface area (Å²) < 4.78 is 33.2. The molecule has 0 saturated carbocycles. The molecule has 0 amide bonds. The van der Waals surface area contributed by atoms with Gasteiger partial charge in [0.25, 0.3) is 0 Å². The molecule has 0 spiro atoms. The van der Waals surface area contributed by atoms with Crippen molar-refractivity contribution in [1.29, 1.82) is 0 Å². The van der Waals surface area contributed by atoms with Gasteiger partial charge >= 0.3 is 0 Å². The minimum Gasteiger partial charge on any atom is -0.496 e. The molecule has 17 heavy (non-hydrogen) atoms. The molecule has 3 nitrogen and oxygen atoms in total. The largest absolute Gasteiger partial charge is 0.496 e. The molecule has 1 atom stereocenters. The Morgan fingerprint density at radius 3 is 2.59 bits per heavy atom. The normalized spacial score (nSPS) is 13.9. The maximum atomic E-state index is 12.9. The molecule has 1 rings (SSSR count). The van der Waals surface area contributed by atoms with Gasteiger partial charge in [-0.25, -0.2) is 8.60 Å². The number of hydrogen-bond donors (Lipinski definition) is 0. The molecule has 0 aliphatic heterocycles. The van der Waals surface area contributed by atoms with Gasteiger partial charge in [-0.15, -0.1) is 0 Å². The number of nitrogens with zero attached hydrogens (tertiary/aromatic N) is 1. The SMILES string of the molecule is COc1cc(F)ccc1/C=N/[S@@](=O)C(C)(C)C. The maximum Gasteiger partial charge on any atom is 0.144 e. The Bertz CT molecular complexity index is 452. The second-order valence-corrected chi connectivity index (χ2v) is 6.42. The van der Waals surface area contributed by atoms with Crippen molar-refractivity contribution in [2.75, 3.05) is 7.11 Å². The average Bonchev–Trinajstić information content (AvgIpc) is 2.25. The van der Waals surface area contributed by atoms with Crippen LogP contribution in [0.5, 0.6) is 5.75 Å². The first kappa shape index (κ1) is 13.8. The molecule has 0 heterocycles.